The highest BCUT2D eigenvalue weighted by Crippen LogP contribution is 2.20. The summed E-state index contributed by atoms with van der Waals surface area (Å²) in [7, 11) is 1.61. The van der Waals surface area contributed by atoms with Gasteiger partial charge < -0.3 is 10.5 Å². The number of carbonyl (C=O) groups is 1. The molecule has 1 aromatic heterocycles. The number of nitrogens with zero attached hydrogens (tertiary/aromatic N) is 1. The Kier molecular flexibility index (Phi) is 2.72. The van der Waals surface area contributed by atoms with E-state index in [0.717, 1.165) is 22.2 Å². The van der Waals surface area contributed by atoms with E-state index in [1.165, 1.54) is 0 Å². The van der Waals surface area contributed by atoms with Crippen molar-refractivity contribution in [2.75, 3.05) is 7.11 Å². The van der Waals surface area contributed by atoms with Gasteiger partial charge in [0, 0.05) is 11.6 Å². The standard InChI is InChI=1S/C12H12N2O2/c1-16-10-2-3-11-9(6-10)4-8(7-14-11)5-12(13)15/h2-4,6-7H,5H2,1H3,(H2,13,15). The molecule has 16 heavy (non-hydrogen) atoms. The summed E-state index contributed by atoms with van der Waals surface area (Å²) in [5.74, 6) is 0.412. The molecule has 0 saturated heterocycles. The van der Waals surface area contributed by atoms with Gasteiger partial charge in [-0.1, -0.05) is 0 Å². The molecule has 0 aliphatic heterocycles. The molecule has 0 fully saturated rings. The van der Waals surface area contributed by atoms with E-state index in [1.807, 2.05) is 24.3 Å². The highest BCUT2D eigenvalue weighted by atomic mass is 16.5. The van der Waals surface area contributed by atoms with Crippen LogP contribution in [0.4, 0.5) is 0 Å². The number of nitrogens with two attached hydrogens (primary N) is 1. The van der Waals surface area contributed by atoms with Gasteiger partial charge in [0.1, 0.15) is 5.75 Å². The zero-order chi connectivity index (χ0) is 11.5. The third-order valence-corrected chi connectivity index (χ3v) is 2.32. The summed E-state index contributed by atoms with van der Waals surface area (Å²) in [6, 6.07) is 7.51. The second kappa shape index (κ2) is 4.18. The summed E-state index contributed by atoms with van der Waals surface area (Å²) >= 11 is 0. The number of ether oxygens (including phenoxy) is 1. The number of hydrogen-bond donors (Lipinski definition) is 1. The maximum atomic E-state index is 10.8. The summed E-state index contributed by atoms with van der Waals surface area (Å²) in [4.78, 5) is 15.0. The highest BCUT2D eigenvalue weighted by molar-refractivity contribution is 5.82. The lowest BCUT2D eigenvalue weighted by molar-refractivity contribution is -0.117. The SMILES string of the molecule is COc1ccc2ncc(CC(N)=O)cc2c1. The Morgan fingerprint density at radius 3 is 2.94 bits per heavy atom. The molecule has 2 N–H and O–H groups in total. The van der Waals surface area contributed by atoms with Crippen molar-refractivity contribution in [1.82, 2.24) is 4.98 Å². The molecule has 0 saturated carbocycles. The quantitative estimate of drug-likeness (QED) is 0.840. The maximum absolute atomic E-state index is 10.8. The Balaban J connectivity index is 2.46. The third kappa shape index (κ3) is 2.11. The Bertz CT molecular complexity index is 538. The van der Waals surface area contributed by atoms with E-state index >= 15 is 0 Å². The second-order valence-electron chi connectivity index (χ2n) is 3.55. The van der Waals surface area contributed by atoms with Crippen LogP contribution in [0.2, 0.25) is 0 Å². The van der Waals surface area contributed by atoms with Crippen molar-refractivity contribution in [3.05, 3.63) is 36.0 Å². The predicted octanol–water partition coefficient (Wildman–Crippen LogP) is 1.27. The fraction of sp³-hybridized carbons (Fsp3) is 0.167. The molecule has 1 heterocycles. The monoisotopic (exact) mass is 216 g/mol. The van der Waals surface area contributed by atoms with Gasteiger partial charge in [0.15, 0.2) is 0 Å². The molecule has 4 heteroatoms. The largest absolute Gasteiger partial charge is 0.497 e. The van der Waals surface area contributed by atoms with Crippen molar-refractivity contribution < 1.29 is 9.53 Å². The molecule has 4 nitrogen and oxygen atoms in total. The number of carbonyl (C=O) groups excluding carboxylic acids is 1. The van der Waals surface area contributed by atoms with E-state index in [-0.39, 0.29) is 12.3 Å². The number of pyridine rings is 1. The first-order valence-electron chi connectivity index (χ1n) is 4.90. The molecule has 1 aromatic carbocycles. The van der Waals surface area contributed by atoms with Crippen LogP contribution in [0.15, 0.2) is 30.5 Å². The number of methoxy groups -OCH3 is 1. The molecular weight excluding hydrogens is 204 g/mol. The van der Waals surface area contributed by atoms with Crippen LogP contribution in [-0.2, 0) is 11.2 Å². The van der Waals surface area contributed by atoms with E-state index in [2.05, 4.69) is 4.98 Å². The number of benzene rings is 1. The average Bonchev–Trinajstić information content (AvgIpc) is 2.27. The van der Waals surface area contributed by atoms with Gasteiger partial charge in [0.2, 0.25) is 5.91 Å². The molecule has 0 aliphatic carbocycles. The number of aromatic nitrogens is 1. The minimum absolute atomic E-state index is 0.208. The van der Waals surface area contributed by atoms with E-state index in [1.54, 1.807) is 13.3 Å². The van der Waals surface area contributed by atoms with Crippen LogP contribution in [0.3, 0.4) is 0 Å². The van der Waals surface area contributed by atoms with Crippen molar-refractivity contribution in [3.63, 3.8) is 0 Å². The van der Waals surface area contributed by atoms with Gasteiger partial charge >= 0.3 is 0 Å². The number of amides is 1. The van der Waals surface area contributed by atoms with Gasteiger partial charge in [-0.2, -0.15) is 0 Å². The van der Waals surface area contributed by atoms with Crippen LogP contribution in [0.1, 0.15) is 5.56 Å². The van der Waals surface area contributed by atoms with Crippen molar-refractivity contribution in [3.8, 4) is 5.75 Å². The maximum Gasteiger partial charge on any atom is 0.221 e. The summed E-state index contributed by atoms with van der Waals surface area (Å²) < 4.78 is 5.12. The zero-order valence-corrected chi connectivity index (χ0v) is 8.93. The van der Waals surface area contributed by atoms with Crippen LogP contribution < -0.4 is 10.5 Å². The molecule has 0 spiro atoms. The molecule has 2 aromatic rings. The van der Waals surface area contributed by atoms with Crippen molar-refractivity contribution >= 4 is 16.8 Å². The van der Waals surface area contributed by atoms with Crippen LogP contribution >= 0.6 is 0 Å². The van der Waals surface area contributed by atoms with Gasteiger partial charge in [0.05, 0.1) is 19.0 Å². The van der Waals surface area contributed by atoms with Crippen LogP contribution in [0.5, 0.6) is 5.75 Å². The number of fused-ring (bicyclic) bond motifs is 1. The molecule has 0 aliphatic rings. The Morgan fingerprint density at radius 2 is 2.25 bits per heavy atom. The van der Waals surface area contributed by atoms with Gasteiger partial charge in [-0.3, -0.25) is 9.78 Å². The molecular formula is C12H12N2O2. The topological polar surface area (TPSA) is 65.2 Å². The first-order valence-corrected chi connectivity index (χ1v) is 4.90. The minimum Gasteiger partial charge on any atom is -0.497 e. The summed E-state index contributed by atoms with van der Waals surface area (Å²) in [6.07, 6.45) is 1.87. The molecule has 0 radical (unpaired) electrons. The van der Waals surface area contributed by atoms with E-state index < -0.39 is 0 Å². The van der Waals surface area contributed by atoms with Crippen molar-refractivity contribution in [1.29, 1.82) is 0 Å². The van der Waals surface area contributed by atoms with Crippen molar-refractivity contribution in [2.24, 2.45) is 5.73 Å². The van der Waals surface area contributed by atoms with Crippen molar-refractivity contribution in [2.45, 2.75) is 6.42 Å². The van der Waals surface area contributed by atoms with E-state index in [4.69, 9.17) is 10.5 Å². The van der Waals surface area contributed by atoms with E-state index in [9.17, 15) is 4.79 Å². The van der Waals surface area contributed by atoms with E-state index in [0.29, 0.717) is 0 Å². The molecule has 0 atom stereocenters. The molecule has 82 valence electrons. The molecule has 1 amide bonds. The molecule has 0 bridgehead atoms. The highest BCUT2D eigenvalue weighted by Gasteiger charge is 2.02. The van der Waals surface area contributed by atoms with Gasteiger partial charge in [-0.05, 0) is 29.8 Å². The lowest BCUT2D eigenvalue weighted by atomic mass is 10.1. The van der Waals surface area contributed by atoms with Gasteiger partial charge in [0.25, 0.3) is 0 Å². The van der Waals surface area contributed by atoms with Gasteiger partial charge in [-0.25, -0.2) is 0 Å². The summed E-state index contributed by atoms with van der Waals surface area (Å²) in [5.41, 5.74) is 6.82. The number of hydrogen-bond acceptors (Lipinski definition) is 3. The average molecular weight is 216 g/mol. The van der Waals surface area contributed by atoms with Crippen LogP contribution in [0.25, 0.3) is 10.9 Å². The van der Waals surface area contributed by atoms with Crippen LogP contribution in [0, 0.1) is 0 Å². The predicted molar refractivity (Wildman–Crippen MR) is 61.2 cm³/mol. The lowest BCUT2D eigenvalue weighted by Crippen LogP contribution is -2.13. The number of primary amides is 1. The Labute approximate surface area is 93.0 Å². The third-order valence-electron chi connectivity index (χ3n) is 2.32. The molecule has 0 unspecified atom stereocenters. The Morgan fingerprint density at radius 1 is 1.44 bits per heavy atom. The fourth-order valence-corrected chi connectivity index (χ4v) is 1.58. The second-order valence-corrected chi connectivity index (χ2v) is 3.55. The summed E-state index contributed by atoms with van der Waals surface area (Å²) in [5, 5.41) is 0.943. The molecule has 2 rings (SSSR count). The lowest BCUT2D eigenvalue weighted by Gasteiger charge is -2.03. The normalized spacial score (nSPS) is 10.3. The first-order chi connectivity index (χ1) is 7.69. The summed E-state index contributed by atoms with van der Waals surface area (Å²) in [6.45, 7) is 0. The smallest absolute Gasteiger partial charge is 0.221 e. The minimum atomic E-state index is -0.357. The van der Waals surface area contributed by atoms with Crippen LogP contribution in [-0.4, -0.2) is 18.0 Å². The van der Waals surface area contributed by atoms with Gasteiger partial charge in [-0.15, -0.1) is 0 Å². The first kappa shape index (κ1) is 10.4. The Hall–Kier alpha value is -2.10. The fourth-order valence-electron chi connectivity index (χ4n) is 1.58. The number of rotatable bonds is 3. The zero-order valence-electron chi connectivity index (χ0n) is 8.93.